The molecule has 1 atom stereocenters. The fourth-order valence-electron chi connectivity index (χ4n) is 2.55. The Morgan fingerprint density at radius 2 is 1.94 bits per heavy atom. The summed E-state index contributed by atoms with van der Waals surface area (Å²) in [5.74, 6) is 0. The summed E-state index contributed by atoms with van der Waals surface area (Å²) in [5, 5.41) is 0. The Kier molecular flexibility index (Phi) is 3.43. The van der Waals surface area contributed by atoms with Crippen LogP contribution in [0.25, 0.3) is 0 Å². The first-order valence-electron chi connectivity index (χ1n) is 6.56. The third-order valence-electron chi connectivity index (χ3n) is 3.54. The molecule has 1 unspecified atom stereocenters. The summed E-state index contributed by atoms with van der Waals surface area (Å²) in [7, 11) is 0. The lowest BCUT2D eigenvalue weighted by molar-refractivity contribution is 0.418. The van der Waals surface area contributed by atoms with Gasteiger partial charge < -0.3 is 10.6 Å². The summed E-state index contributed by atoms with van der Waals surface area (Å²) in [6, 6.07) is 9.14. The van der Waals surface area contributed by atoms with Gasteiger partial charge in [-0.3, -0.25) is 0 Å². The monoisotopic (exact) mass is 232 g/mol. The van der Waals surface area contributed by atoms with E-state index in [9.17, 15) is 0 Å². The topological polar surface area (TPSA) is 29.3 Å². The number of hydrogen-bond donors (Lipinski definition) is 1. The molecule has 1 heterocycles. The summed E-state index contributed by atoms with van der Waals surface area (Å²) >= 11 is 0. The smallest absolute Gasteiger partial charge is 0.0366 e. The van der Waals surface area contributed by atoms with Crippen molar-refractivity contribution in [3.05, 3.63) is 29.8 Å². The maximum atomic E-state index is 5.81. The van der Waals surface area contributed by atoms with Crippen molar-refractivity contribution in [2.24, 2.45) is 11.1 Å². The highest BCUT2D eigenvalue weighted by atomic mass is 15.2. The van der Waals surface area contributed by atoms with E-state index in [-0.39, 0.29) is 6.04 Å². The molecule has 1 fully saturated rings. The zero-order chi connectivity index (χ0) is 12.5. The minimum absolute atomic E-state index is 0.242. The number of nitrogens with zero attached hydrogens (tertiary/aromatic N) is 1. The summed E-state index contributed by atoms with van der Waals surface area (Å²) in [6.07, 6.45) is 2.25. The fraction of sp³-hybridized carbons (Fsp3) is 0.600. The van der Waals surface area contributed by atoms with Crippen molar-refractivity contribution >= 4 is 5.69 Å². The van der Waals surface area contributed by atoms with Crippen LogP contribution in [0.1, 0.15) is 32.8 Å². The molecule has 1 aliphatic heterocycles. The van der Waals surface area contributed by atoms with E-state index in [2.05, 4.69) is 49.9 Å². The van der Waals surface area contributed by atoms with Crippen LogP contribution in [0.4, 0.5) is 5.69 Å². The Bertz CT molecular complexity index is 365. The van der Waals surface area contributed by atoms with Crippen molar-refractivity contribution < 1.29 is 0 Å². The minimum Gasteiger partial charge on any atom is -0.371 e. The van der Waals surface area contributed by atoms with Crippen molar-refractivity contribution in [1.82, 2.24) is 0 Å². The molecule has 1 saturated heterocycles. The molecule has 2 rings (SSSR count). The normalized spacial score (nSPS) is 20.6. The Balaban J connectivity index is 2.03. The van der Waals surface area contributed by atoms with Crippen LogP contribution in [0, 0.1) is 5.41 Å². The zero-order valence-electron chi connectivity index (χ0n) is 11.2. The molecule has 2 heteroatoms. The Morgan fingerprint density at radius 3 is 2.41 bits per heavy atom. The molecule has 0 aromatic heterocycles. The standard InChI is InChI=1S/C15H24N2/c1-12(16)10-13-4-6-14(7-5-13)17-9-8-15(2,3)11-17/h4-7,12H,8-11,16H2,1-3H3. The van der Waals surface area contributed by atoms with Crippen molar-refractivity contribution in [3.63, 3.8) is 0 Å². The minimum atomic E-state index is 0.242. The molecule has 94 valence electrons. The van der Waals surface area contributed by atoms with E-state index in [0.717, 1.165) is 6.42 Å². The second-order valence-corrected chi connectivity index (χ2v) is 6.18. The molecular weight excluding hydrogens is 208 g/mol. The molecule has 1 aromatic carbocycles. The van der Waals surface area contributed by atoms with E-state index >= 15 is 0 Å². The fourth-order valence-corrected chi connectivity index (χ4v) is 2.55. The molecule has 0 spiro atoms. The maximum absolute atomic E-state index is 5.81. The average molecular weight is 232 g/mol. The Labute approximate surface area is 105 Å². The SMILES string of the molecule is CC(N)Cc1ccc(N2CCC(C)(C)C2)cc1. The van der Waals surface area contributed by atoms with Gasteiger partial charge in [-0.2, -0.15) is 0 Å². The van der Waals surface area contributed by atoms with Crippen LogP contribution in [0.2, 0.25) is 0 Å². The number of benzene rings is 1. The lowest BCUT2D eigenvalue weighted by atomic mass is 9.93. The summed E-state index contributed by atoms with van der Waals surface area (Å²) < 4.78 is 0. The van der Waals surface area contributed by atoms with Crippen LogP contribution in [0.3, 0.4) is 0 Å². The predicted octanol–water partition coefficient (Wildman–Crippen LogP) is 2.81. The van der Waals surface area contributed by atoms with Gasteiger partial charge in [-0.05, 0) is 42.9 Å². The lowest BCUT2D eigenvalue weighted by Gasteiger charge is -2.22. The van der Waals surface area contributed by atoms with Crippen LogP contribution in [-0.4, -0.2) is 19.1 Å². The molecule has 0 aliphatic carbocycles. The van der Waals surface area contributed by atoms with E-state index in [1.54, 1.807) is 0 Å². The average Bonchev–Trinajstić information content (AvgIpc) is 2.59. The molecule has 0 radical (unpaired) electrons. The van der Waals surface area contributed by atoms with E-state index in [0.29, 0.717) is 5.41 Å². The predicted molar refractivity (Wildman–Crippen MR) is 74.4 cm³/mol. The number of hydrogen-bond acceptors (Lipinski definition) is 2. The number of rotatable bonds is 3. The first-order valence-corrected chi connectivity index (χ1v) is 6.56. The lowest BCUT2D eigenvalue weighted by Crippen LogP contribution is -2.22. The largest absolute Gasteiger partial charge is 0.371 e. The van der Waals surface area contributed by atoms with Gasteiger partial charge >= 0.3 is 0 Å². The second-order valence-electron chi connectivity index (χ2n) is 6.18. The second kappa shape index (κ2) is 4.69. The molecule has 0 saturated carbocycles. The van der Waals surface area contributed by atoms with Crippen molar-refractivity contribution in [3.8, 4) is 0 Å². The maximum Gasteiger partial charge on any atom is 0.0366 e. The highest BCUT2D eigenvalue weighted by Crippen LogP contribution is 2.32. The first-order chi connectivity index (χ1) is 7.96. The van der Waals surface area contributed by atoms with Gasteiger partial charge in [0.2, 0.25) is 0 Å². The summed E-state index contributed by atoms with van der Waals surface area (Å²) in [5.41, 5.74) is 8.96. The molecule has 17 heavy (non-hydrogen) atoms. The molecule has 1 aliphatic rings. The van der Waals surface area contributed by atoms with Crippen LogP contribution in [-0.2, 0) is 6.42 Å². The van der Waals surface area contributed by atoms with Gasteiger partial charge in [0.15, 0.2) is 0 Å². The van der Waals surface area contributed by atoms with Crippen molar-refractivity contribution in [1.29, 1.82) is 0 Å². The highest BCUT2D eigenvalue weighted by molar-refractivity contribution is 5.49. The summed E-state index contributed by atoms with van der Waals surface area (Å²) in [6.45, 7) is 9.09. The van der Waals surface area contributed by atoms with Gasteiger partial charge in [0, 0.05) is 24.8 Å². The van der Waals surface area contributed by atoms with Gasteiger partial charge in [-0.15, -0.1) is 0 Å². The Morgan fingerprint density at radius 1 is 1.29 bits per heavy atom. The Hall–Kier alpha value is -1.02. The van der Waals surface area contributed by atoms with E-state index in [4.69, 9.17) is 5.73 Å². The van der Waals surface area contributed by atoms with Crippen LogP contribution in [0.15, 0.2) is 24.3 Å². The quantitative estimate of drug-likeness (QED) is 0.868. The number of anilines is 1. The highest BCUT2D eigenvalue weighted by Gasteiger charge is 2.29. The molecule has 2 N–H and O–H groups in total. The van der Waals surface area contributed by atoms with Crippen LogP contribution in [0.5, 0.6) is 0 Å². The van der Waals surface area contributed by atoms with Crippen molar-refractivity contribution in [2.75, 3.05) is 18.0 Å². The molecule has 2 nitrogen and oxygen atoms in total. The molecular formula is C15H24N2. The van der Waals surface area contributed by atoms with Gasteiger partial charge in [-0.1, -0.05) is 26.0 Å². The van der Waals surface area contributed by atoms with E-state index < -0.39 is 0 Å². The third kappa shape index (κ3) is 3.22. The zero-order valence-corrected chi connectivity index (χ0v) is 11.2. The van der Waals surface area contributed by atoms with Crippen molar-refractivity contribution in [2.45, 2.75) is 39.7 Å². The molecule has 1 aromatic rings. The first kappa shape index (κ1) is 12.4. The van der Waals surface area contributed by atoms with Gasteiger partial charge in [0.25, 0.3) is 0 Å². The van der Waals surface area contributed by atoms with E-state index in [1.807, 2.05) is 0 Å². The van der Waals surface area contributed by atoms with Crippen LogP contribution >= 0.6 is 0 Å². The van der Waals surface area contributed by atoms with Gasteiger partial charge in [0.05, 0.1) is 0 Å². The van der Waals surface area contributed by atoms with Crippen LogP contribution < -0.4 is 10.6 Å². The van der Waals surface area contributed by atoms with Gasteiger partial charge in [-0.25, -0.2) is 0 Å². The molecule has 0 bridgehead atoms. The van der Waals surface area contributed by atoms with E-state index in [1.165, 1.54) is 30.8 Å². The number of nitrogens with two attached hydrogens (primary N) is 1. The van der Waals surface area contributed by atoms with Gasteiger partial charge in [0.1, 0.15) is 0 Å². The summed E-state index contributed by atoms with van der Waals surface area (Å²) in [4.78, 5) is 2.48. The molecule has 0 amide bonds. The third-order valence-corrected chi connectivity index (χ3v) is 3.54.